The highest BCUT2D eigenvalue weighted by molar-refractivity contribution is 7.52. The molecule has 44 heavy (non-hydrogen) atoms. The van der Waals surface area contributed by atoms with E-state index in [4.69, 9.17) is 33.7 Å². The summed E-state index contributed by atoms with van der Waals surface area (Å²) >= 11 is 0. The number of imidazole rings is 1. The molecule has 17 heteroatoms. The van der Waals surface area contributed by atoms with Crippen LogP contribution in [0.2, 0.25) is 0 Å². The molecule has 0 spiro atoms. The predicted octanol–water partition coefficient (Wildman–Crippen LogP) is 3.36. The van der Waals surface area contributed by atoms with Gasteiger partial charge in [0, 0.05) is 6.92 Å². The second-order valence-corrected chi connectivity index (χ2v) is 11.8. The molecule has 3 N–H and O–H groups in total. The SMILES string of the molecule is CCOc1nc(N)nc2c1ncn2[C@@H]1O[C@H](CO[P@@](=O)(N[C@@H](C)C(=O)OC(C)C)Oc2ccccc2)[C@@H](CF)[C@H]1OC(C)=O. The van der Waals surface area contributed by atoms with Gasteiger partial charge in [-0.1, -0.05) is 18.2 Å². The molecule has 3 heterocycles. The molecule has 2 aromatic heterocycles. The lowest BCUT2D eigenvalue weighted by molar-refractivity contribution is -0.154. The van der Waals surface area contributed by atoms with Gasteiger partial charge in [-0.05, 0) is 39.8 Å². The number of esters is 2. The lowest BCUT2D eigenvalue weighted by Crippen LogP contribution is -2.37. The third kappa shape index (κ3) is 7.80. The third-order valence-corrected chi connectivity index (χ3v) is 8.02. The Morgan fingerprint density at radius 2 is 1.93 bits per heavy atom. The number of benzene rings is 1. The summed E-state index contributed by atoms with van der Waals surface area (Å²) < 4.78 is 63.8. The molecule has 6 atom stereocenters. The maximum Gasteiger partial charge on any atom is 0.459 e. The van der Waals surface area contributed by atoms with Crippen LogP contribution in [0.5, 0.6) is 11.6 Å². The van der Waals surface area contributed by atoms with E-state index in [9.17, 15) is 18.5 Å². The van der Waals surface area contributed by atoms with Crippen LogP contribution in [0.25, 0.3) is 11.2 Å². The first-order valence-corrected chi connectivity index (χ1v) is 15.5. The van der Waals surface area contributed by atoms with E-state index in [1.807, 2.05) is 0 Å². The van der Waals surface area contributed by atoms with Crippen LogP contribution in [-0.4, -0.2) is 75.7 Å². The van der Waals surface area contributed by atoms with Gasteiger partial charge in [-0.25, -0.2) is 9.55 Å². The summed E-state index contributed by atoms with van der Waals surface area (Å²) in [5, 5.41) is 2.58. The van der Waals surface area contributed by atoms with Gasteiger partial charge >= 0.3 is 19.7 Å². The van der Waals surface area contributed by atoms with Gasteiger partial charge in [-0.15, -0.1) is 0 Å². The van der Waals surface area contributed by atoms with Crippen molar-refractivity contribution in [2.24, 2.45) is 5.92 Å². The highest BCUT2D eigenvalue weighted by atomic mass is 31.2. The van der Waals surface area contributed by atoms with Gasteiger partial charge in [0.25, 0.3) is 0 Å². The summed E-state index contributed by atoms with van der Waals surface area (Å²) in [4.78, 5) is 37.2. The van der Waals surface area contributed by atoms with Gasteiger partial charge in [0.15, 0.2) is 23.5 Å². The van der Waals surface area contributed by atoms with E-state index >= 15 is 0 Å². The molecule has 240 valence electrons. The Morgan fingerprint density at radius 1 is 1.20 bits per heavy atom. The Hall–Kier alpha value is -3.85. The van der Waals surface area contributed by atoms with Crippen LogP contribution in [0.15, 0.2) is 36.7 Å². The number of nitrogen functional groups attached to an aromatic ring is 1. The van der Waals surface area contributed by atoms with Crippen molar-refractivity contribution in [3.8, 4) is 11.6 Å². The van der Waals surface area contributed by atoms with Crippen LogP contribution in [0, 0.1) is 5.92 Å². The van der Waals surface area contributed by atoms with E-state index < -0.39 is 69.5 Å². The van der Waals surface area contributed by atoms with Crippen LogP contribution in [-0.2, 0) is 32.9 Å². The molecule has 0 aliphatic carbocycles. The van der Waals surface area contributed by atoms with Crippen molar-refractivity contribution in [3.05, 3.63) is 36.7 Å². The van der Waals surface area contributed by atoms with Crippen LogP contribution < -0.4 is 20.1 Å². The van der Waals surface area contributed by atoms with Crippen LogP contribution >= 0.6 is 7.75 Å². The largest absolute Gasteiger partial charge is 0.476 e. The fourth-order valence-corrected chi connectivity index (χ4v) is 6.03. The molecule has 15 nitrogen and oxygen atoms in total. The summed E-state index contributed by atoms with van der Waals surface area (Å²) in [7, 11) is -4.31. The predicted molar refractivity (Wildman–Crippen MR) is 154 cm³/mol. The van der Waals surface area contributed by atoms with Gasteiger partial charge in [0.2, 0.25) is 11.8 Å². The van der Waals surface area contributed by atoms with Crippen LogP contribution in [0.3, 0.4) is 0 Å². The van der Waals surface area contributed by atoms with E-state index in [-0.39, 0.29) is 35.3 Å². The van der Waals surface area contributed by atoms with Crippen molar-refractivity contribution in [2.45, 2.75) is 65.2 Å². The zero-order chi connectivity index (χ0) is 32.0. The minimum absolute atomic E-state index is 0.109. The highest BCUT2D eigenvalue weighted by Crippen LogP contribution is 2.47. The normalized spacial score (nSPS) is 22.0. The van der Waals surface area contributed by atoms with Gasteiger partial charge in [0.1, 0.15) is 11.8 Å². The molecule has 3 aromatic rings. The van der Waals surface area contributed by atoms with Crippen molar-refractivity contribution in [1.82, 2.24) is 24.6 Å². The molecule has 1 fully saturated rings. The molecule has 0 bridgehead atoms. The number of carbonyl (C=O) groups excluding carboxylic acids is 2. The van der Waals surface area contributed by atoms with E-state index in [1.165, 1.54) is 24.7 Å². The molecular weight excluding hydrogens is 602 g/mol. The molecule has 0 saturated carbocycles. The zero-order valence-corrected chi connectivity index (χ0v) is 25.8. The van der Waals surface area contributed by atoms with E-state index in [0.29, 0.717) is 0 Å². The minimum Gasteiger partial charge on any atom is -0.476 e. The first-order valence-electron chi connectivity index (χ1n) is 13.9. The zero-order valence-electron chi connectivity index (χ0n) is 24.9. The number of ether oxygens (including phenoxy) is 4. The van der Waals surface area contributed by atoms with Crippen LogP contribution in [0.4, 0.5) is 10.3 Å². The molecular formula is C27H36FN6O9P. The van der Waals surface area contributed by atoms with Crippen molar-refractivity contribution >= 4 is 36.8 Å². The Balaban J connectivity index is 1.63. The second-order valence-electron chi connectivity index (χ2n) is 10.1. The summed E-state index contributed by atoms with van der Waals surface area (Å²) in [6.07, 6.45) is -2.47. The standard InChI is InChI=1S/C27H36FN6O9P/c1-6-38-24-21-23(31-27(29)32-24)34(14-30-21)25-22(41-17(5)35)19(12-28)20(42-25)13-39-44(37,43-18-10-8-7-9-11-18)33-16(4)26(36)40-15(2)3/h7-11,14-16,19-20,22,25H,6,12-13H2,1-5H3,(H,33,37)(H2,29,31,32)/t16-,19+,20+,22+,25+,44-/m0/s1. The number of fused-ring (bicyclic) bond motifs is 1. The van der Waals surface area contributed by atoms with Gasteiger partial charge < -0.3 is 29.2 Å². The molecule has 1 aromatic carbocycles. The van der Waals surface area contributed by atoms with Gasteiger partial charge in [-0.2, -0.15) is 15.1 Å². The van der Waals surface area contributed by atoms with Gasteiger partial charge in [-0.3, -0.25) is 23.1 Å². The number of para-hydroxylation sites is 1. The fraction of sp³-hybridized carbons (Fsp3) is 0.519. The smallest absolute Gasteiger partial charge is 0.459 e. The Bertz CT molecular complexity index is 1490. The topological polar surface area (TPSA) is 188 Å². The fourth-order valence-electron chi connectivity index (χ4n) is 4.53. The molecule has 1 aliphatic heterocycles. The van der Waals surface area contributed by atoms with Crippen molar-refractivity contribution < 1.29 is 46.5 Å². The maximum atomic E-state index is 14.6. The number of rotatable bonds is 14. The Morgan fingerprint density at radius 3 is 2.57 bits per heavy atom. The van der Waals surface area contributed by atoms with E-state index in [0.717, 1.165) is 0 Å². The average molecular weight is 639 g/mol. The van der Waals surface area contributed by atoms with Crippen LogP contribution in [0.1, 0.15) is 40.8 Å². The van der Waals surface area contributed by atoms with Gasteiger partial charge in [0.05, 0.1) is 44.3 Å². The number of nitrogens with zero attached hydrogens (tertiary/aromatic N) is 4. The quantitative estimate of drug-likeness (QED) is 0.193. The number of anilines is 1. The maximum absolute atomic E-state index is 14.6. The second kappa shape index (κ2) is 14.3. The number of alkyl halides is 1. The molecule has 0 amide bonds. The van der Waals surface area contributed by atoms with E-state index in [1.54, 1.807) is 51.1 Å². The number of halogens is 1. The molecule has 1 saturated heterocycles. The summed E-state index contributed by atoms with van der Waals surface area (Å²) in [6, 6.07) is 7.05. The summed E-state index contributed by atoms with van der Waals surface area (Å²) in [5.41, 5.74) is 6.34. The van der Waals surface area contributed by atoms with E-state index in [2.05, 4.69) is 20.0 Å². The Kier molecular flexibility index (Phi) is 10.7. The minimum atomic E-state index is -4.31. The summed E-state index contributed by atoms with van der Waals surface area (Å²) in [5.74, 6) is -2.23. The van der Waals surface area contributed by atoms with Crippen molar-refractivity contribution in [3.63, 3.8) is 0 Å². The lowest BCUT2D eigenvalue weighted by Gasteiger charge is -2.25. The molecule has 0 unspecified atom stereocenters. The third-order valence-electron chi connectivity index (χ3n) is 6.37. The molecule has 4 rings (SSSR count). The number of aromatic nitrogens is 4. The number of carbonyl (C=O) groups is 2. The molecule has 0 radical (unpaired) electrons. The molecule has 1 aliphatic rings. The number of hydrogen-bond donors (Lipinski definition) is 2. The van der Waals surface area contributed by atoms with Crippen molar-refractivity contribution in [2.75, 3.05) is 25.6 Å². The average Bonchev–Trinajstić information content (AvgIpc) is 3.52. The Labute approximate surface area is 253 Å². The number of hydrogen-bond acceptors (Lipinski definition) is 13. The number of nitrogens with one attached hydrogen (secondary N) is 1. The number of nitrogens with two attached hydrogens (primary N) is 1. The highest BCUT2D eigenvalue weighted by Gasteiger charge is 2.49. The monoisotopic (exact) mass is 638 g/mol. The first-order chi connectivity index (χ1) is 20.9. The first kappa shape index (κ1) is 33.1. The lowest BCUT2D eigenvalue weighted by atomic mass is 10.00. The summed E-state index contributed by atoms with van der Waals surface area (Å²) in [6.45, 7) is 6.53. The van der Waals surface area contributed by atoms with Crippen molar-refractivity contribution in [1.29, 1.82) is 0 Å².